The Bertz CT molecular complexity index is 3000. The number of hydrazine groups is 1. The van der Waals surface area contributed by atoms with Gasteiger partial charge in [-0.1, -0.05) is 95.3 Å². The molecule has 388 valence electrons. The predicted octanol–water partition coefficient (Wildman–Crippen LogP) is 7.61. The molecule has 24 heteroatoms. The molecule has 2 aromatic heterocycles. The van der Waals surface area contributed by atoms with E-state index in [-0.39, 0.29) is 13.5 Å². The summed E-state index contributed by atoms with van der Waals surface area (Å²) in [7, 11) is 8.30. The van der Waals surface area contributed by atoms with Gasteiger partial charge in [-0.2, -0.15) is 23.7 Å². The lowest BCUT2D eigenvalue weighted by molar-refractivity contribution is -1.03. The number of halogens is 2. The molecule has 3 fully saturated rings. The van der Waals surface area contributed by atoms with Gasteiger partial charge in [0.25, 0.3) is 0 Å². The first-order chi connectivity index (χ1) is 34.8. The molecular weight excluding hydrogens is 1060 g/mol. The van der Waals surface area contributed by atoms with Crippen molar-refractivity contribution in [3.8, 4) is 5.75 Å². The highest BCUT2D eigenvalue weighted by Crippen LogP contribution is 2.36. The molecule has 3 saturated heterocycles. The summed E-state index contributed by atoms with van der Waals surface area (Å²) in [6.45, 7) is 11.9. The number of fused-ring (bicyclic) bond motifs is 2. The van der Waals surface area contributed by atoms with Crippen molar-refractivity contribution >= 4 is 140 Å². The molecule has 6 aromatic rings. The Labute approximate surface area is 460 Å². The molecule has 2 N–H and O–H groups in total. The maximum Gasteiger partial charge on any atom is 0.190 e. The van der Waals surface area contributed by atoms with Crippen molar-refractivity contribution < 1.29 is 17.4 Å². The minimum absolute atomic E-state index is 0. The van der Waals surface area contributed by atoms with Crippen LogP contribution >= 0.6 is 72.5 Å². The number of nitrogens with one attached hydrogen (secondary N) is 2. The Hall–Kier alpha value is -4.49. The van der Waals surface area contributed by atoms with E-state index in [1.54, 1.807) is 16.8 Å². The molecule has 17 nitrogen and oxygen atoms in total. The number of rotatable bonds is 16. The Kier molecular flexibility index (Phi) is 18.0. The first-order valence-corrected chi connectivity index (χ1v) is 28.7. The molecule has 9 rings (SSSR count). The van der Waals surface area contributed by atoms with Crippen LogP contribution in [0.5, 0.6) is 5.75 Å². The highest BCUT2D eigenvalue weighted by atomic mass is 35.5. The first kappa shape index (κ1) is 54.8. The van der Waals surface area contributed by atoms with E-state index in [0.29, 0.717) is 36.6 Å². The summed E-state index contributed by atoms with van der Waals surface area (Å²) in [5.74, 6) is 2.30. The predicted molar refractivity (Wildman–Crippen MR) is 312 cm³/mol. The van der Waals surface area contributed by atoms with Crippen LogP contribution in [0.4, 0.5) is 23.0 Å². The molecule has 4 aromatic carbocycles. The first-order valence-electron chi connectivity index (χ1n) is 23.7. The number of hydrogen-bond acceptors (Lipinski definition) is 17. The van der Waals surface area contributed by atoms with Gasteiger partial charge in [-0.05, 0) is 36.8 Å². The lowest BCUT2D eigenvalue weighted by Crippen LogP contribution is -2.73. The van der Waals surface area contributed by atoms with E-state index in [2.05, 4.69) is 74.4 Å². The second kappa shape index (κ2) is 24.0. The number of anilines is 4. The van der Waals surface area contributed by atoms with Crippen LogP contribution in [0.15, 0.2) is 98.2 Å². The molecule has 5 heterocycles. The molecule has 3 aliphatic rings. The zero-order chi connectivity index (χ0) is 50.6. The van der Waals surface area contributed by atoms with Crippen LogP contribution in [-0.2, 0) is 11.0 Å². The highest BCUT2D eigenvalue weighted by molar-refractivity contribution is 7.98. The van der Waals surface area contributed by atoms with Gasteiger partial charge in [0.15, 0.2) is 33.5 Å². The van der Waals surface area contributed by atoms with Crippen LogP contribution in [0, 0.1) is 0 Å². The number of hydrogen-bond donors (Lipinski definition) is 2. The van der Waals surface area contributed by atoms with Gasteiger partial charge in [-0.3, -0.25) is 0 Å². The lowest BCUT2D eigenvalue weighted by Gasteiger charge is -2.54. The molecule has 0 saturated carbocycles. The standard InChI is InChI=1S/C49H61Cl2N15O2S4.H2S/c1-60(2)40-16-8-14-36-34(40)12-10-18-42(36)68-71-62(5)58-52-32-38-44(50)54-48(69-6)56-46(38)63-20-24-65(25-21-63)28-30-66(31-29-65)26-22-64(23-27-66)47-39(45(51)55-49(57-47)70-7)33-53-59-72(67)43-19-11-13-35-37(43)15-9-17-41(35)61(3)4;/h8-19,32-33,58-59H,20-31H2,1-7H3;1H2/q+2;/b52-32-,53-33-;. The van der Waals surface area contributed by atoms with Gasteiger partial charge >= 0.3 is 0 Å². The summed E-state index contributed by atoms with van der Waals surface area (Å²) < 4.78 is 23.7. The van der Waals surface area contributed by atoms with Gasteiger partial charge in [0.05, 0.1) is 80.8 Å². The summed E-state index contributed by atoms with van der Waals surface area (Å²) in [6, 6.07) is 24.1. The van der Waals surface area contributed by atoms with Gasteiger partial charge in [-0.15, -0.1) is 4.41 Å². The van der Waals surface area contributed by atoms with Crippen LogP contribution in [0.1, 0.15) is 11.1 Å². The van der Waals surface area contributed by atoms with Crippen molar-refractivity contribution in [1.82, 2.24) is 34.7 Å². The molecule has 0 radical (unpaired) electrons. The van der Waals surface area contributed by atoms with Gasteiger partial charge in [0.2, 0.25) is 0 Å². The number of thioether (sulfide) groups is 2. The van der Waals surface area contributed by atoms with Crippen molar-refractivity contribution in [3.05, 3.63) is 94.2 Å². The van der Waals surface area contributed by atoms with Crippen molar-refractivity contribution in [2.45, 2.75) is 15.2 Å². The van der Waals surface area contributed by atoms with Gasteiger partial charge < -0.3 is 32.7 Å². The normalized spacial score (nSPS) is 17.0. The number of piperazine rings is 3. The fourth-order valence-electron chi connectivity index (χ4n) is 9.90. The summed E-state index contributed by atoms with van der Waals surface area (Å²) >= 11 is 17.8. The monoisotopic (exact) mass is 1120 g/mol. The number of benzene rings is 4. The Morgan fingerprint density at radius 1 is 0.630 bits per heavy atom. The summed E-state index contributed by atoms with van der Waals surface area (Å²) in [5.41, 5.74) is 6.50. The average Bonchev–Trinajstić information content (AvgIpc) is 3.39. The Morgan fingerprint density at radius 3 is 1.59 bits per heavy atom. The topological polar surface area (TPSA) is 143 Å². The molecule has 73 heavy (non-hydrogen) atoms. The van der Waals surface area contributed by atoms with Gasteiger partial charge in [0, 0.05) is 68.2 Å². The SMILES string of the molecule is CSc1nc(Cl)c(/C=N\NN(C)SOc2cccc3c(N(C)C)cccc23)c(N2CC[N+]3(CC2)CC[N+]2(CCN(c4nc(SC)nc(Cl)c4/C=N\NS(=O)c4cccc5c(N(C)C)cccc45)CC2)CC3)n1.S. The summed E-state index contributed by atoms with van der Waals surface area (Å²) in [5, 5.41) is 15.0. The molecule has 1 atom stereocenters. The quantitative estimate of drug-likeness (QED) is 0.0143. The molecule has 0 bridgehead atoms. The van der Waals surface area contributed by atoms with Crippen molar-refractivity contribution in [1.29, 1.82) is 0 Å². The largest absolute Gasteiger partial charge is 0.408 e. The smallest absolute Gasteiger partial charge is 0.190 e. The van der Waals surface area contributed by atoms with Crippen LogP contribution in [0.3, 0.4) is 0 Å². The molecular formula is C49H63Cl2N15O2S5+2. The minimum atomic E-state index is -1.62. The fourth-order valence-corrected chi connectivity index (χ4v) is 12.4. The van der Waals surface area contributed by atoms with Crippen molar-refractivity contribution in [2.75, 3.05) is 146 Å². The summed E-state index contributed by atoms with van der Waals surface area (Å²) in [6.07, 6.45) is 7.22. The maximum absolute atomic E-state index is 13.6. The van der Waals surface area contributed by atoms with Crippen LogP contribution in [-0.4, -0.2) is 176 Å². The second-order valence-corrected chi connectivity index (χ2v) is 22.9. The highest BCUT2D eigenvalue weighted by Gasteiger charge is 2.46. The van der Waals surface area contributed by atoms with E-state index in [1.807, 2.05) is 96.3 Å². The molecule has 3 aliphatic heterocycles. The zero-order valence-electron chi connectivity index (χ0n) is 42.1. The van der Waals surface area contributed by atoms with Crippen molar-refractivity contribution in [2.24, 2.45) is 10.2 Å². The van der Waals surface area contributed by atoms with Gasteiger partial charge in [0.1, 0.15) is 53.9 Å². The molecule has 0 aliphatic carbocycles. The Balaban J connectivity index is 0.00000711. The van der Waals surface area contributed by atoms with E-state index in [0.717, 1.165) is 150 Å². The molecule has 2 spiro atoms. The number of hydrazone groups is 2. The summed E-state index contributed by atoms with van der Waals surface area (Å²) in [4.78, 5) is 31.3. The number of aromatic nitrogens is 4. The van der Waals surface area contributed by atoms with E-state index in [9.17, 15) is 4.21 Å². The average molecular weight is 1130 g/mol. The molecule has 1 unspecified atom stereocenters. The van der Waals surface area contributed by atoms with Crippen LogP contribution in [0.2, 0.25) is 10.3 Å². The zero-order valence-corrected chi connectivity index (χ0v) is 47.9. The third kappa shape index (κ3) is 12.1. The molecule has 0 amide bonds. The van der Waals surface area contributed by atoms with Crippen LogP contribution in [0.25, 0.3) is 21.5 Å². The van der Waals surface area contributed by atoms with E-state index < -0.39 is 11.0 Å². The Morgan fingerprint density at radius 2 is 1.08 bits per heavy atom. The fraction of sp³-hybridized carbons (Fsp3) is 0.388. The van der Waals surface area contributed by atoms with E-state index in [4.69, 9.17) is 37.4 Å². The van der Waals surface area contributed by atoms with E-state index >= 15 is 0 Å². The minimum Gasteiger partial charge on any atom is -0.408 e. The van der Waals surface area contributed by atoms with Crippen LogP contribution < -0.4 is 34.1 Å². The van der Waals surface area contributed by atoms with E-state index in [1.165, 1.54) is 23.5 Å². The number of nitrogens with zero attached hydrogens (tertiary/aromatic N) is 13. The van der Waals surface area contributed by atoms with Gasteiger partial charge in [-0.25, -0.2) is 34.5 Å². The lowest BCUT2D eigenvalue weighted by atomic mass is 10.1. The second-order valence-electron chi connectivity index (χ2n) is 18.6. The number of quaternary nitrogens is 2. The maximum atomic E-state index is 13.6. The third-order valence-corrected chi connectivity index (χ3v) is 17.3. The third-order valence-electron chi connectivity index (χ3n) is 14.0. The van der Waals surface area contributed by atoms with Crippen molar-refractivity contribution in [3.63, 3.8) is 0 Å².